The fraction of sp³-hybridized carbons (Fsp3) is 0.0952. The lowest BCUT2D eigenvalue weighted by Crippen LogP contribution is -2.30. The summed E-state index contributed by atoms with van der Waals surface area (Å²) in [6, 6.07) is 21.9. The Morgan fingerprint density at radius 3 is 1.90 bits per heavy atom. The highest BCUT2D eigenvalue weighted by atomic mass is 35.5. The molecule has 0 aliphatic rings. The third-order valence-electron chi connectivity index (χ3n) is 4.57. The van der Waals surface area contributed by atoms with Crippen LogP contribution in [-0.4, -0.2) is 15.6 Å². The number of nitrogens with one attached hydrogen (secondary N) is 1. The van der Waals surface area contributed by atoms with Crippen molar-refractivity contribution in [3.05, 3.63) is 110 Å². The zero-order valence-electron chi connectivity index (χ0n) is 15.9. The summed E-state index contributed by atoms with van der Waals surface area (Å²) in [6.07, 6.45) is 0. The minimum atomic E-state index is -1.12. The lowest BCUT2D eigenvalue weighted by atomic mass is 9.87. The van der Waals surface area contributed by atoms with Gasteiger partial charge in [0.1, 0.15) is 10.6 Å². The number of anilines is 1. The van der Waals surface area contributed by atoms with Gasteiger partial charge in [0, 0.05) is 6.07 Å². The molecule has 0 aromatic heterocycles. The number of alkyl halides is 1. The molecule has 1 N–H and O–H groups in total. The number of hydrazone groups is 1. The van der Waals surface area contributed by atoms with E-state index in [-0.39, 0.29) is 11.4 Å². The molecule has 3 aromatic carbocycles. The highest BCUT2D eigenvalue weighted by Gasteiger charge is 2.35. The molecule has 0 heterocycles. The molecule has 0 atom stereocenters. The number of hydrogen-bond donors (Lipinski definition) is 1. The van der Waals surface area contributed by atoms with Crippen LogP contribution in [0.3, 0.4) is 0 Å². The summed E-state index contributed by atoms with van der Waals surface area (Å²) in [5.74, 6) is 0. The Labute approximate surface area is 177 Å². The lowest BCUT2D eigenvalue weighted by molar-refractivity contribution is -0.393. The summed E-state index contributed by atoms with van der Waals surface area (Å²) in [5.41, 5.74) is 3.82. The molecule has 8 nitrogen and oxygen atoms in total. The summed E-state index contributed by atoms with van der Waals surface area (Å²) in [5, 5.41) is 26.6. The van der Waals surface area contributed by atoms with Crippen molar-refractivity contribution in [2.75, 3.05) is 5.43 Å². The molecule has 0 aliphatic carbocycles. The van der Waals surface area contributed by atoms with E-state index in [1.807, 2.05) is 60.7 Å². The first kappa shape index (κ1) is 20.9. The molecule has 0 unspecified atom stereocenters. The first-order valence-electron chi connectivity index (χ1n) is 8.87. The number of nitrogens with zero attached hydrogens (tertiary/aromatic N) is 3. The third-order valence-corrected chi connectivity index (χ3v) is 5.28. The highest BCUT2D eigenvalue weighted by Crippen LogP contribution is 2.38. The Balaban J connectivity index is 2.04. The molecule has 0 saturated heterocycles. The van der Waals surface area contributed by atoms with E-state index in [9.17, 15) is 20.2 Å². The Morgan fingerprint density at radius 2 is 1.43 bits per heavy atom. The molecule has 30 heavy (non-hydrogen) atoms. The van der Waals surface area contributed by atoms with Crippen molar-refractivity contribution >= 4 is 34.4 Å². The number of nitro benzene ring substituents is 2. The molecule has 152 valence electrons. The van der Waals surface area contributed by atoms with Crippen LogP contribution in [0.25, 0.3) is 0 Å². The van der Waals surface area contributed by atoms with Gasteiger partial charge < -0.3 is 0 Å². The first-order chi connectivity index (χ1) is 14.3. The predicted molar refractivity (Wildman–Crippen MR) is 116 cm³/mol. The average molecular weight is 425 g/mol. The number of halogens is 1. The van der Waals surface area contributed by atoms with Gasteiger partial charge in [-0.3, -0.25) is 25.7 Å². The van der Waals surface area contributed by atoms with Crippen LogP contribution in [0.4, 0.5) is 17.1 Å². The van der Waals surface area contributed by atoms with Crippen molar-refractivity contribution in [1.82, 2.24) is 0 Å². The molecule has 0 radical (unpaired) electrons. The van der Waals surface area contributed by atoms with Crippen LogP contribution < -0.4 is 5.43 Å². The number of non-ortho nitro benzene ring substituents is 1. The van der Waals surface area contributed by atoms with Crippen LogP contribution in [-0.2, 0) is 4.87 Å². The maximum absolute atomic E-state index is 11.3. The monoisotopic (exact) mass is 424 g/mol. The molecular formula is C21H17ClN4O4. The van der Waals surface area contributed by atoms with E-state index in [0.717, 1.165) is 17.2 Å². The number of nitro groups is 2. The predicted octanol–water partition coefficient (Wildman–Crippen LogP) is 5.47. The molecular weight excluding hydrogens is 408 g/mol. The Morgan fingerprint density at radius 1 is 0.900 bits per heavy atom. The molecule has 0 fully saturated rings. The van der Waals surface area contributed by atoms with E-state index in [0.29, 0.717) is 5.71 Å². The summed E-state index contributed by atoms with van der Waals surface area (Å²) in [7, 11) is 0. The zero-order chi connectivity index (χ0) is 21.7. The smallest absolute Gasteiger partial charge is 0.272 e. The van der Waals surface area contributed by atoms with Crippen LogP contribution >= 0.6 is 11.6 Å². The minimum Gasteiger partial charge on any atom is -0.272 e. The molecule has 3 rings (SSSR count). The van der Waals surface area contributed by atoms with Crippen LogP contribution in [0, 0.1) is 20.2 Å². The first-order valence-corrected chi connectivity index (χ1v) is 9.25. The molecule has 0 bridgehead atoms. The quantitative estimate of drug-likeness (QED) is 0.234. The van der Waals surface area contributed by atoms with Gasteiger partial charge in [0.2, 0.25) is 0 Å². The minimum absolute atomic E-state index is 0.0186. The largest absolute Gasteiger partial charge is 0.301 e. The van der Waals surface area contributed by atoms with Crippen molar-refractivity contribution in [3.8, 4) is 0 Å². The van der Waals surface area contributed by atoms with Gasteiger partial charge >= 0.3 is 5.69 Å². The second-order valence-corrected chi connectivity index (χ2v) is 6.98. The van der Waals surface area contributed by atoms with E-state index in [2.05, 4.69) is 10.5 Å². The average Bonchev–Trinajstić information content (AvgIpc) is 2.77. The van der Waals surface area contributed by atoms with E-state index < -0.39 is 20.4 Å². The summed E-state index contributed by atoms with van der Waals surface area (Å²) >= 11 is 7.08. The number of rotatable bonds is 7. The lowest BCUT2D eigenvalue weighted by Gasteiger charge is -2.28. The second kappa shape index (κ2) is 8.71. The highest BCUT2D eigenvalue weighted by molar-refractivity contribution is 6.38. The van der Waals surface area contributed by atoms with Gasteiger partial charge in [0.05, 0.1) is 21.6 Å². The molecule has 0 aliphatic heterocycles. The van der Waals surface area contributed by atoms with Crippen LogP contribution in [0.1, 0.15) is 18.1 Å². The Kier molecular flexibility index (Phi) is 6.08. The van der Waals surface area contributed by atoms with Crippen molar-refractivity contribution in [2.24, 2.45) is 5.10 Å². The van der Waals surface area contributed by atoms with Gasteiger partial charge in [0.25, 0.3) is 5.69 Å². The number of hydrogen-bond acceptors (Lipinski definition) is 6. The molecule has 9 heteroatoms. The van der Waals surface area contributed by atoms with E-state index in [1.54, 1.807) is 6.92 Å². The maximum Gasteiger partial charge on any atom is 0.301 e. The third kappa shape index (κ3) is 4.13. The van der Waals surface area contributed by atoms with Crippen LogP contribution in [0.2, 0.25) is 0 Å². The van der Waals surface area contributed by atoms with E-state index >= 15 is 0 Å². The van der Waals surface area contributed by atoms with Crippen molar-refractivity contribution < 1.29 is 9.85 Å². The van der Waals surface area contributed by atoms with Gasteiger partial charge in [-0.25, -0.2) is 0 Å². The van der Waals surface area contributed by atoms with Crippen LogP contribution in [0.15, 0.2) is 84.0 Å². The fourth-order valence-electron chi connectivity index (χ4n) is 3.02. The molecule has 0 saturated carbocycles. The summed E-state index contributed by atoms with van der Waals surface area (Å²) < 4.78 is 0. The molecule has 3 aromatic rings. The van der Waals surface area contributed by atoms with Gasteiger partial charge in [-0.15, -0.1) is 11.6 Å². The van der Waals surface area contributed by atoms with Gasteiger partial charge in [0.15, 0.2) is 0 Å². The summed E-state index contributed by atoms with van der Waals surface area (Å²) in [4.78, 5) is 19.7. The van der Waals surface area contributed by atoms with Crippen molar-refractivity contribution in [1.29, 1.82) is 0 Å². The maximum atomic E-state index is 11.3. The standard InChI is InChI=1S/C21H17ClN4O4/c1-15(23-24-19-13-12-18(25(27)28)14-20(19)26(29)30)21(22,16-8-4-2-5-9-16)17-10-6-3-7-11-17/h2-14,24H,1H3/b23-15-. The van der Waals surface area contributed by atoms with Crippen LogP contribution in [0.5, 0.6) is 0 Å². The van der Waals surface area contributed by atoms with Gasteiger partial charge in [-0.05, 0) is 24.1 Å². The van der Waals surface area contributed by atoms with E-state index in [4.69, 9.17) is 11.6 Å². The van der Waals surface area contributed by atoms with Crippen molar-refractivity contribution in [3.63, 3.8) is 0 Å². The summed E-state index contributed by atoms with van der Waals surface area (Å²) in [6.45, 7) is 1.71. The number of benzene rings is 3. The molecule has 0 amide bonds. The van der Waals surface area contributed by atoms with Gasteiger partial charge in [-0.1, -0.05) is 60.7 Å². The topological polar surface area (TPSA) is 111 Å². The molecule has 0 spiro atoms. The Hall–Kier alpha value is -3.78. The normalized spacial score (nSPS) is 11.7. The SMILES string of the molecule is C/C(=N/Nc1ccc([N+](=O)[O-])cc1[N+](=O)[O-])C(Cl)(c1ccccc1)c1ccccc1. The van der Waals surface area contributed by atoms with Crippen molar-refractivity contribution in [2.45, 2.75) is 11.8 Å². The Bertz CT molecular complexity index is 1070. The second-order valence-electron chi connectivity index (χ2n) is 6.42. The zero-order valence-corrected chi connectivity index (χ0v) is 16.6. The van der Waals surface area contributed by atoms with E-state index in [1.165, 1.54) is 12.1 Å². The fourth-order valence-corrected chi connectivity index (χ4v) is 3.31. The van der Waals surface area contributed by atoms with Gasteiger partial charge in [-0.2, -0.15) is 5.10 Å².